The van der Waals surface area contributed by atoms with Crippen molar-refractivity contribution < 1.29 is 23.2 Å². The highest BCUT2D eigenvalue weighted by molar-refractivity contribution is 7.90. The number of nitro groups is 1. The maximum absolute atomic E-state index is 12.3. The number of sulfone groups is 1. The molecule has 0 aliphatic carbocycles. The molecule has 0 heterocycles. The minimum absolute atomic E-state index is 0.00760. The molecule has 0 aliphatic rings. The third-order valence-electron chi connectivity index (χ3n) is 8.03. The van der Waals surface area contributed by atoms with Crippen LogP contribution in [0.5, 0.6) is 11.5 Å². The Morgan fingerprint density at radius 2 is 1.24 bits per heavy atom. The maximum Gasteiger partial charge on any atom is 0.270 e. The molecule has 0 spiro atoms. The Labute approximate surface area is 268 Å². The Morgan fingerprint density at radius 3 is 1.78 bits per heavy atom. The van der Waals surface area contributed by atoms with Crippen LogP contribution in [0.3, 0.4) is 0 Å². The maximum atomic E-state index is 12.3. The molecule has 0 atom stereocenters. The highest BCUT2D eigenvalue weighted by Crippen LogP contribution is 2.42. The lowest BCUT2D eigenvalue weighted by Gasteiger charge is -2.12. The lowest BCUT2D eigenvalue weighted by molar-refractivity contribution is -0.385. The van der Waals surface area contributed by atoms with Gasteiger partial charge in [0.1, 0.15) is 10.6 Å². The minimum Gasteiger partial charge on any atom is -0.504 e. The first kappa shape index (κ1) is 35.9. The number of hydrogen-bond donors (Lipinski definition) is 1. The highest BCUT2D eigenvalue weighted by Gasteiger charge is 2.19. The van der Waals surface area contributed by atoms with E-state index in [0.29, 0.717) is 23.1 Å². The fourth-order valence-corrected chi connectivity index (χ4v) is 6.27. The van der Waals surface area contributed by atoms with Crippen LogP contribution >= 0.6 is 0 Å². The summed E-state index contributed by atoms with van der Waals surface area (Å²) in [5, 5.41) is 31.6. The first-order valence-electron chi connectivity index (χ1n) is 16.5. The molecule has 3 aromatic carbocycles. The number of phenolic OH excluding ortho intramolecular Hbond substituents is 1. The fourth-order valence-electron chi connectivity index (χ4n) is 5.44. The molecular formula is C35H49N3O6S. The van der Waals surface area contributed by atoms with Gasteiger partial charge in [-0.1, -0.05) is 128 Å². The molecule has 0 aliphatic heterocycles. The topological polar surface area (TPSA) is 131 Å². The second kappa shape index (κ2) is 19.1. The molecule has 3 rings (SSSR count). The van der Waals surface area contributed by atoms with Gasteiger partial charge in [0.25, 0.3) is 5.69 Å². The summed E-state index contributed by atoms with van der Waals surface area (Å²) >= 11 is 0. The molecule has 0 unspecified atom stereocenters. The number of non-ortho nitro benzene ring substituents is 1. The predicted molar refractivity (Wildman–Crippen MR) is 181 cm³/mol. The Morgan fingerprint density at radius 1 is 0.733 bits per heavy atom. The van der Waals surface area contributed by atoms with Gasteiger partial charge in [-0.3, -0.25) is 10.1 Å². The van der Waals surface area contributed by atoms with Crippen molar-refractivity contribution in [1.82, 2.24) is 0 Å². The third-order valence-corrected chi connectivity index (χ3v) is 9.16. The normalized spacial score (nSPS) is 11.9. The summed E-state index contributed by atoms with van der Waals surface area (Å²) in [6, 6.07) is 12.1. The Bertz CT molecular complexity index is 1510. The number of nitrogens with zero attached hydrogens (tertiary/aromatic N) is 3. The largest absolute Gasteiger partial charge is 0.504 e. The van der Waals surface area contributed by atoms with Crippen LogP contribution in [0.15, 0.2) is 63.7 Å². The quantitative estimate of drug-likeness (QED) is 0.0503. The average molecular weight is 640 g/mol. The second-order valence-corrected chi connectivity index (χ2v) is 13.8. The number of benzene rings is 3. The summed E-state index contributed by atoms with van der Waals surface area (Å²) < 4.78 is 30.6. The number of nitro benzene ring substituents is 1. The molecule has 0 radical (unpaired) electrons. The number of unbranched alkanes of at least 4 members (excludes halogenated alkanes) is 15. The van der Waals surface area contributed by atoms with Crippen LogP contribution in [-0.4, -0.2) is 31.3 Å². The van der Waals surface area contributed by atoms with Gasteiger partial charge in [-0.2, -0.15) is 0 Å². The van der Waals surface area contributed by atoms with Crippen molar-refractivity contribution in [3.63, 3.8) is 0 Å². The van der Waals surface area contributed by atoms with E-state index >= 15 is 0 Å². The summed E-state index contributed by atoms with van der Waals surface area (Å²) in [6.07, 6.45) is 21.5. The SMILES string of the molecule is CCCCCCCCCCCCCCCCCCOc1cc(/N=N/c2ccc([N+](=O)[O-])cc2S(C)(=O)=O)c2ccccc2c1O. The van der Waals surface area contributed by atoms with Gasteiger partial charge in [0.05, 0.1) is 17.2 Å². The van der Waals surface area contributed by atoms with E-state index < -0.39 is 14.8 Å². The van der Waals surface area contributed by atoms with Gasteiger partial charge in [-0.15, -0.1) is 10.2 Å². The highest BCUT2D eigenvalue weighted by atomic mass is 32.2. The van der Waals surface area contributed by atoms with Crippen LogP contribution in [0, 0.1) is 10.1 Å². The van der Waals surface area contributed by atoms with Crippen molar-refractivity contribution in [3.8, 4) is 11.5 Å². The van der Waals surface area contributed by atoms with Crippen molar-refractivity contribution in [2.45, 2.75) is 115 Å². The van der Waals surface area contributed by atoms with Crippen molar-refractivity contribution in [2.24, 2.45) is 10.2 Å². The summed E-state index contributed by atoms with van der Waals surface area (Å²) in [5.74, 6) is 0.281. The monoisotopic (exact) mass is 639 g/mol. The molecule has 0 aromatic heterocycles. The van der Waals surface area contributed by atoms with E-state index in [4.69, 9.17) is 4.74 Å². The number of aromatic hydroxyl groups is 1. The molecule has 0 fully saturated rings. The lowest BCUT2D eigenvalue weighted by Crippen LogP contribution is -1.99. The third kappa shape index (κ3) is 12.1. The smallest absolute Gasteiger partial charge is 0.270 e. The van der Waals surface area contributed by atoms with Crippen LogP contribution < -0.4 is 4.74 Å². The molecule has 9 nitrogen and oxygen atoms in total. The zero-order chi connectivity index (χ0) is 32.5. The van der Waals surface area contributed by atoms with E-state index in [0.717, 1.165) is 31.6 Å². The molecular weight excluding hydrogens is 590 g/mol. The van der Waals surface area contributed by atoms with Crippen LogP contribution in [0.25, 0.3) is 10.8 Å². The second-order valence-electron chi connectivity index (χ2n) is 11.8. The van der Waals surface area contributed by atoms with Crippen molar-refractivity contribution in [2.75, 3.05) is 12.9 Å². The van der Waals surface area contributed by atoms with Gasteiger partial charge in [0, 0.05) is 35.2 Å². The molecule has 0 saturated heterocycles. The van der Waals surface area contributed by atoms with Crippen molar-refractivity contribution in [1.29, 1.82) is 0 Å². The fraction of sp³-hybridized carbons (Fsp3) is 0.543. The van der Waals surface area contributed by atoms with E-state index in [2.05, 4.69) is 17.2 Å². The summed E-state index contributed by atoms with van der Waals surface area (Å²) in [7, 11) is -3.81. The van der Waals surface area contributed by atoms with Gasteiger partial charge >= 0.3 is 0 Å². The van der Waals surface area contributed by atoms with E-state index in [1.165, 1.54) is 95.6 Å². The van der Waals surface area contributed by atoms with Crippen LogP contribution in [0.4, 0.5) is 17.1 Å². The number of phenols is 1. The number of azo groups is 1. The zero-order valence-electron chi connectivity index (χ0n) is 26.9. The van der Waals surface area contributed by atoms with Crippen molar-refractivity contribution in [3.05, 3.63) is 58.6 Å². The Hall–Kier alpha value is -3.53. The van der Waals surface area contributed by atoms with Crippen LogP contribution in [-0.2, 0) is 9.84 Å². The van der Waals surface area contributed by atoms with Gasteiger partial charge in [-0.05, 0) is 12.5 Å². The van der Waals surface area contributed by atoms with E-state index in [1.807, 2.05) is 0 Å². The van der Waals surface area contributed by atoms with E-state index in [1.54, 1.807) is 30.3 Å². The number of ether oxygens (including phenoxy) is 1. The molecule has 0 amide bonds. The predicted octanol–water partition coefficient (Wildman–Crippen LogP) is 10.9. The summed E-state index contributed by atoms with van der Waals surface area (Å²) in [4.78, 5) is 10.2. The van der Waals surface area contributed by atoms with Crippen LogP contribution in [0.1, 0.15) is 110 Å². The van der Waals surface area contributed by atoms with Gasteiger partial charge in [0.15, 0.2) is 21.3 Å². The molecule has 0 saturated carbocycles. The number of fused-ring (bicyclic) bond motifs is 1. The first-order valence-corrected chi connectivity index (χ1v) is 18.4. The minimum atomic E-state index is -3.81. The molecule has 3 aromatic rings. The molecule has 10 heteroatoms. The van der Waals surface area contributed by atoms with Gasteiger partial charge in [0.2, 0.25) is 0 Å². The molecule has 1 N–H and O–H groups in total. The number of hydrogen-bond acceptors (Lipinski definition) is 8. The van der Waals surface area contributed by atoms with Crippen molar-refractivity contribution >= 4 is 37.7 Å². The molecule has 0 bridgehead atoms. The standard InChI is InChI=1S/C35H49N3O6S/c1-3-4-5-6-7-8-9-10-11-12-13-14-15-16-17-20-25-44-33-27-32(29-21-18-19-22-30(29)35(33)39)37-36-31-24-23-28(38(40)41)26-34(31)45(2,42)43/h18-19,21-24,26-27,39H,3-17,20,25H2,1-2H3/b37-36+. The first-order chi connectivity index (χ1) is 21.7. The Kier molecular flexibility index (Phi) is 15.2. The summed E-state index contributed by atoms with van der Waals surface area (Å²) in [5.41, 5.74) is 0.00768. The lowest BCUT2D eigenvalue weighted by atomic mass is 10.0. The van der Waals surface area contributed by atoms with E-state index in [-0.39, 0.29) is 27.8 Å². The average Bonchev–Trinajstić information content (AvgIpc) is 3.02. The molecule has 45 heavy (non-hydrogen) atoms. The van der Waals surface area contributed by atoms with E-state index in [9.17, 15) is 23.6 Å². The zero-order valence-corrected chi connectivity index (χ0v) is 27.7. The Balaban J connectivity index is 1.47. The van der Waals surface area contributed by atoms with Gasteiger partial charge < -0.3 is 9.84 Å². The number of rotatable bonds is 22. The van der Waals surface area contributed by atoms with Crippen LogP contribution in [0.2, 0.25) is 0 Å². The van der Waals surface area contributed by atoms with Gasteiger partial charge in [-0.25, -0.2) is 8.42 Å². The molecule has 246 valence electrons. The summed E-state index contributed by atoms with van der Waals surface area (Å²) in [6.45, 7) is 2.71.